The molecule has 0 atom stereocenters. The zero-order valence-electron chi connectivity index (χ0n) is 17.2. The minimum absolute atomic E-state index is 0.665. The molecule has 0 spiro atoms. The second-order valence-electron chi connectivity index (χ2n) is 6.59. The van der Waals surface area contributed by atoms with Crippen molar-refractivity contribution in [2.24, 2.45) is 12.0 Å². The van der Waals surface area contributed by atoms with Crippen LogP contribution >= 0.6 is 0 Å². The molecule has 144 valence electrons. The van der Waals surface area contributed by atoms with Gasteiger partial charge in [0.05, 0.1) is 12.2 Å². The fourth-order valence-electron chi connectivity index (χ4n) is 3.02. The fraction of sp³-hybridized carbons (Fsp3) is 0.789. The summed E-state index contributed by atoms with van der Waals surface area (Å²) in [4.78, 5) is 7.29. The summed E-state index contributed by atoms with van der Waals surface area (Å²) in [5, 5.41) is 11.3. The van der Waals surface area contributed by atoms with E-state index in [4.69, 9.17) is 4.99 Å². The molecule has 0 aliphatic heterocycles. The molecule has 6 heteroatoms. The summed E-state index contributed by atoms with van der Waals surface area (Å²) >= 11 is 0. The quantitative estimate of drug-likeness (QED) is 0.366. The number of guanidine groups is 1. The van der Waals surface area contributed by atoms with Gasteiger partial charge in [-0.1, -0.05) is 13.8 Å². The summed E-state index contributed by atoms with van der Waals surface area (Å²) in [5.41, 5.74) is 3.47. The highest BCUT2D eigenvalue weighted by atomic mass is 15.3. The number of rotatable bonds is 11. The van der Waals surface area contributed by atoms with Crippen molar-refractivity contribution >= 4 is 5.96 Å². The Morgan fingerprint density at radius 3 is 2.28 bits per heavy atom. The van der Waals surface area contributed by atoms with Gasteiger partial charge in [-0.25, -0.2) is 4.99 Å². The molecule has 1 aromatic rings. The van der Waals surface area contributed by atoms with Crippen molar-refractivity contribution in [3.63, 3.8) is 0 Å². The van der Waals surface area contributed by atoms with Gasteiger partial charge in [0.1, 0.15) is 0 Å². The number of hydrogen-bond acceptors (Lipinski definition) is 3. The van der Waals surface area contributed by atoms with E-state index in [1.54, 1.807) is 0 Å². The highest BCUT2D eigenvalue weighted by Gasteiger charge is 2.09. The van der Waals surface area contributed by atoms with E-state index >= 15 is 0 Å². The second kappa shape index (κ2) is 11.9. The highest BCUT2D eigenvalue weighted by Crippen LogP contribution is 2.12. The largest absolute Gasteiger partial charge is 0.357 e. The van der Waals surface area contributed by atoms with E-state index in [1.807, 2.05) is 18.7 Å². The fourth-order valence-corrected chi connectivity index (χ4v) is 3.02. The Morgan fingerprint density at radius 1 is 1.08 bits per heavy atom. The summed E-state index contributed by atoms with van der Waals surface area (Å²) in [5.74, 6) is 0.891. The van der Waals surface area contributed by atoms with Crippen LogP contribution in [0.2, 0.25) is 0 Å². The summed E-state index contributed by atoms with van der Waals surface area (Å²) in [6, 6.07) is 0. The molecule has 2 N–H and O–H groups in total. The van der Waals surface area contributed by atoms with Crippen molar-refractivity contribution in [3.8, 4) is 0 Å². The summed E-state index contributed by atoms with van der Waals surface area (Å²) in [7, 11) is 1.98. The van der Waals surface area contributed by atoms with Gasteiger partial charge in [0, 0.05) is 31.4 Å². The predicted octanol–water partition coefficient (Wildman–Crippen LogP) is 2.60. The number of nitrogens with one attached hydrogen (secondary N) is 2. The average Bonchev–Trinajstić information content (AvgIpc) is 2.82. The van der Waals surface area contributed by atoms with Crippen molar-refractivity contribution in [3.05, 3.63) is 17.0 Å². The summed E-state index contributed by atoms with van der Waals surface area (Å²) < 4.78 is 1.93. The molecular weight excluding hydrogens is 312 g/mol. The van der Waals surface area contributed by atoms with Crippen molar-refractivity contribution in [1.82, 2.24) is 25.3 Å². The van der Waals surface area contributed by atoms with E-state index in [0.29, 0.717) is 6.54 Å². The molecule has 0 bridgehead atoms. The predicted molar refractivity (Wildman–Crippen MR) is 107 cm³/mol. The molecule has 0 saturated carbocycles. The lowest BCUT2D eigenvalue weighted by molar-refractivity contribution is 0.271. The highest BCUT2D eigenvalue weighted by molar-refractivity contribution is 5.79. The van der Waals surface area contributed by atoms with Gasteiger partial charge in [-0.15, -0.1) is 0 Å². The van der Waals surface area contributed by atoms with Crippen LogP contribution in [-0.4, -0.2) is 53.4 Å². The standard InChI is InChI=1S/C19H38N6/c1-7-12-25(13-8-2)14-10-11-21-19(20-9-3)22-15-18-16(4)23-24(6)17(18)5/h7-15H2,1-6H3,(H2,20,21,22). The maximum atomic E-state index is 4.74. The molecular formula is C19H38N6. The molecule has 0 aliphatic carbocycles. The van der Waals surface area contributed by atoms with Gasteiger partial charge in [-0.05, 0) is 59.7 Å². The monoisotopic (exact) mass is 350 g/mol. The van der Waals surface area contributed by atoms with Gasteiger partial charge in [-0.3, -0.25) is 4.68 Å². The van der Waals surface area contributed by atoms with Crippen LogP contribution in [0.4, 0.5) is 0 Å². The van der Waals surface area contributed by atoms with Gasteiger partial charge < -0.3 is 15.5 Å². The van der Waals surface area contributed by atoms with Crippen LogP contribution in [0, 0.1) is 13.8 Å². The van der Waals surface area contributed by atoms with Crippen LogP contribution in [0.25, 0.3) is 0 Å². The van der Waals surface area contributed by atoms with E-state index in [1.165, 1.54) is 37.2 Å². The Hall–Kier alpha value is -1.56. The third-order valence-electron chi connectivity index (χ3n) is 4.42. The molecule has 0 saturated heterocycles. The number of aryl methyl sites for hydroxylation is 2. The van der Waals surface area contributed by atoms with Crippen molar-refractivity contribution in [2.75, 3.05) is 32.7 Å². The molecule has 0 amide bonds. The van der Waals surface area contributed by atoms with Gasteiger partial charge >= 0.3 is 0 Å². The Kier molecular flexibility index (Phi) is 10.2. The zero-order valence-corrected chi connectivity index (χ0v) is 17.2. The molecule has 0 aliphatic rings. The molecule has 0 radical (unpaired) electrons. The van der Waals surface area contributed by atoms with Crippen LogP contribution in [0.5, 0.6) is 0 Å². The Morgan fingerprint density at radius 2 is 1.76 bits per heavy atom. The molecule has 1 heterocycles. The molecule has 25 heavy (non-hydrogen) atoms. The summed E-state index contributed by atoms with van der Waals surface area (Å²) in [6.07, 6.45) is 3.58. The number of nitrogens with zero attached hydrogens (tertiary/aromatic N) is 4. The van der Waals surface area contributed by atoms with Crippen LogP contribution in [-0.2, 0) is 13.6 Å². The van der Waals surface area contributed by atoms with E-state index in [2.05, 4.69) is 48.3 Å². The molecule has 0 unspecified atom stereocenters. The lowest BCUT2D eigenvalue weighted by atomic mass is 10.2. The van der Waals surface area contributed by atoms with E-state index < -0.39 is 0 Å². The van der Waals surface area contributed by atoms with Crippen LogP contribution in [0.3, 0.4) is 0 Å². The van der Waals surface area contributed by atoms with Crippen LogP contribution in [0.15, 0.2) is 4.99 Å². The Bertz CT molecular complexity index is 514. The molecule has 1 aromatic heterocycles. The normalized spacial score (nSPS) is 12.0. The van der Waals surface area contributed by atoms with Crippen LogP contribution < -0.4 is 10.6 Å². The lowest BCUT2D eigenvalue weighted by Crippen LogP contribution is -2.39. The first-order valence-electron chi connectivity index (χ1n) is 9.76. The molecule has 0 aromatic carbocycles. The average molecular weight is 351 g/mol. The first-order chi connectivity index (χ1) is 12.0. The first-order valence-corrected chi connectivity index (χ1v) is 9.76. The van der Waals surface area contributed by atoms with Gasteiger partial charge in [0.25, 0.3) is 0 Å². The number of hydrogen-bond donors (Lipinski definition) is 2. The zero-order chi connectivity index (χ0) is 18.7. The molecule has 6 nitrogen and oxygen atoms in total. The van der Waals surface area contributed by atoms with E-state index in [-0.39, 0.29) is 0 Å². The second-order valence-corrected chi connectivity index (χ2v) is 6.59. The minimum atomic E-state index is 0.665. The minimum Gasteiger partial charge on any atom is -0.357 e. The van der Waals surface area contributed by atoms with E-state index in [0.717, 1.165) is 37.7 Å². The topological polar surface area (TPSA) is 57.5 Å². The maximum Gasteiger partial charge on any atom is 0.191 e. The van der Waals surface area contributed by atoms with Crippen molar-refractivity contribution < 1.29 is 0 Å². The third kappa shape index (κ3) is 7.46. The maximum absolute atomic E-state index is 4.74. The van der Waals surface area contributed by atoms with Crippen LogP contribution in [0.1, 0.15) is 57.0 Å². The smallest absolute Gasteiger partial charge is 0.191 e. The number of aromatic nitrogens is 2. The summed E-state index contributed by atoms with van der Waals surface area (Å²) in [6.45, 7) is 16.8. The lowest BCUT2D eigenvalue weighted by Gasteiger charge is -2.21. The van der Waals surface area contributed by atoms with Gasteiger partial charge in [0.2, 0.25) is 0 Å². The Balaban J connectivity index is 2.50. The molecule has 0 fully saturated rings. The van der Waals surface area contributed by atoms with E-state index in [9.17, 15) is 0 Å². The first kappa shape index (κ1) is 21.5. The third-order valence-corrected chi connectivity index (χ3v) is 4.42. The molecule has 1 rings (SSSR count). The van der Waals surface area contributed by atoms with Gasteiger partial charge in [-0.2, -0.15) is 5.10 Å². The number of aliphatic imine (C=N–C) groups is 1. The Labute approximate surface area is 154 Å². The van der Waals surface area contributed by atoms with Gasteiger partial charge in [0.15, 0.2) is 5.96 Å². The van der Waals surface area contributed by atoms with Crippen molar-refractivity contribution in [1.29, 1.82) is 0 Å². The van der Waals surface area contributed by atoms with Crippen molar-refractivity contribution in [2.45, 2.75) is 60.4 Å². The SMILES string of the molecule is CCCN(CCC)CCCNC(=NCc1c(C)nn(C)c1C)NCC.